The lowest BCUT2D eigenvalue weighted by molar-refractivity contribution is 0.0781. The molecule has 0 saturated carbocycles. The summed E-state index contributed by atoms with van der Waals surface area (Å²) in [6.45, 7) is 0.835. The highest BCUT2D eigenvalue weighted by molar-refractivity contribution is 7.09. The second kappa shape index (κ2) is 7.94. The molecule has 0 radical (unpaired) electrons. The molecule has 0 aliphatic carbocycles. The molecular weight excluding hydrogens is 337 g/mol. The molecule has 3 nitrogen and oxygen atoms in total. The van der Waals surface area contributed by atoms with E-state index in [4.69, 9.17) is 4.74 Å². The number of hydrogen-bond donors (Lipinski definition) is 0. The first-order valence-electron chi connectivity index (χ1n) is 7.87. The zero-order valence-corrected chi connectivity index (χ0v) is 14.6. The molecule has 3 rings (SSSR count). The van der Waals surface area contributed by atoms with Crippen molar-refractivity contribution >= 4 is 17.2 Å². The predicted octanol–water partition coefficient (Wildman–Crippen LogP) is 4.74. The molecule has 128 valence electrons. The monoisotopic (exact) mass is 355 g/mol. The van der Waals surface area contributed by atoms with E-state index in [1.165, 1.54) is 12.1 Å². The first kappa shape index (κ1) is 17.2. The van der Waals surface area contributed by atoms with Gasteiger partial charge in [-0.3, -0.25) is 4.79 Å². The molecule has 3 aromatic rings. The molecule has 1 heterocycles. The third-order valence-electron chi connectivity index (χ3n) is 3.74. The average Bonchev–Trinajstić information content (AvgIpc) is 3.14. The highest BCUT2D eigenvalue weighted by atomic mass is 32.1. The minimum Gasteiger partial charge on any atom is -0.488 e. The molecule has 0 fully saturated rings. The summed E-state index contributed by atoms with van der Waals surface area (Å²) in [6.07, 6.45) is 0. The van der Waals surface area contributed by atoms with Gasteiger partial charge in [-0.25, -0.2) is 4.39 Å². The van der Waals surface area contributed by atoms with Crippen molar-refractivity contribution in [1.82, 2.24) is 4.90 Å². The molecule has 0 saturated heterocycles. The van der Waals surface area contributed by atoms with E-state index in [2.05, 4.69) is 0 Å². The van der Waals surface area contributed by atoms with E-state index in [0.717, 1.165) is 10.4 Å². The first-order valence-corrected chi connectivity index (χ1v) is 8.75. The van der Waals surface area contributed by atoms with E-state index in [0.29, 0.717) is 17.9 Å². The van der Waals surface area contributed by atoms with E-state index in [-0.39, 0.29) is 18.3 Å². The summed E-state index contributed by atoms with van der Waals surface area (Å²) in [7, 11) is 1.78. The number of ether oxygens (including phenoxy) is 1. The van der Waals surface area contributed by atoms with Gasteiger partial charge in [0.25, 0.3) is 5.91 Å². The lowest BCUT2D eigenvalue weighted by Crippen LogP contribution is -2.26. The molecule has 1 amide bonds. The molecule has 0 bridgehead atoms. The van der Waals surface area contributed by atoms with Crippen LogP contribution in [0.4, 0.5) is 4.39 Å². The van der Waals surface area contributed by atoms with Gasteiger partial charge in [-0.1, -0.05) is 30.3 Å². The quantitative estimate of drug-likeness (QED) is 0.639. The van der Waals surface area contributed by atoms with E-state index >= 15 is 0 Å². The van der Waals surface area contributed by atoms with E-state index < -0.39 is 0 Å². The second-order valence-electron chi connectivity index (χ2n) is 5.65. The maximum atomic E-state index is 13.0. The number of benzene rings is 2. The largest absolute Gasteiger partial charge is 0.488 e. The Kier molecular flexibility index (Phi) is 5.46. The van der Waals surface area contributed by atoms with Gasteiger partial charge in [0.2, 0.25) is 0 Å². The van der Waals surface area contributed by atoms with Gasteiger partial charge in [-0.05, 0) is 41.3 Å². The summed E-state index contributed by atoms with van der Waals surface area (Å²) in [5.74, 6) is 0.146. The second-order valence-corrected chi connectivity index (χ2v) is 6.68. The van der Waals surface area contributed by atoms with Crippen molar-refractivity contribution in [2.45, 2.75) is 13.2 Å². The van der Waals surface area contributed by atoms with Crippen LogP contribution in [0.2, 0.25) is 0 Å². The molecule has 5 heteroatoms. The number of hydrogen-bond acceptors (Lipinski definition) is 3. The van der Waals surface area contributed by atoms with Crippen molar-refractivity contribution in [3.63, 3.8) is 0 Å². The van der Waals surface area contributed by atoms with Crippen LogP contribution in [0.1, 0.15) is 20.8 Å². The van der Waals surface area contributed by atoms with Crippen LogP contribution in [0.25, 0.3) is 0 Å². The van der Waals surface area contributed by atoms with Gasteiger partial charge in [-0.2, -0.15) is 0 Å². The number of thiophene rings is 1. The Balaban J connectivity index is 1.71. The summed E-state index contributed by atoms with van der Waals surface area (Å²) in [5, 5.41) is 1.99. The zero-order valence-electron chi connectivity index (χ0n) is 13.8. The SMILES string of the molecule is CN(Cc1cccs1)C(=O)c1ccccc1OCc1ccc(F)cc1. The van der Waals surface area contributed by atoms with Crippen LogP contribution in [0, 0.1) is 5.82 Å². The van der Waals surface area contributed by atoms with Crippen LogP contribution in [-0.2, 0) is 13.2 Å². The fourth-order valence-electron chi connectivity index (χ4n) is 2.42. The van der Waals surface area contributed by atoms with Crippen molar-refractivity contribution in [1.29, 1.82) is 0 Å². The van der Waals surface area contributed by atoms with E-state index in [9.17, 15) is 9.18 Å². The molecule has 0 N–H and O–H groups in total. The van der Waals surface area contributed by atoms with Gasteiger partial charge in [0, 0.05) is 11.9 Å². The summed E-state index contributed by atoms with van der Waals surface area (Å²) in [5.41, 5.74) is 1.36. The standard InChI is InChI=1S/C20H18FNO2S/c1-22(13-17-5-4-12-25-17)20(23)18-6-2-3-7-19(18)24-14-15-8-10-16(21)11-9-15/h2-12H,13-14H2,1H3. The van der Waals surface area contributed by atoms with Gasteiger partial charge in [0.1, 0.15) is 18.2 Å². The predicted molar refractivity (Wildman–Crippen MR) is 97.3 cm³/mol. The number of para-hydroxylation sites is 1. The van der Waals surface area contributed by atoms with Crippen LogP contribution in [0.3, 0.4) is 0 Å². The molecule has 0 aliphatic rings. The summed E-state index contributed by atoms with van der Waals surface area (Å²) in [4.78, 5) is 15.5. The number of amides is 1. The molecule has 25 heavy (non-hydrogen) atoms. The van der Waals surface area contributed by atoms with E-state index in [1.54, 1.807) is 47.5 Å². The molecule has 0 unspecified atom stereocenters. The Hall–Kier alpha value is -2.66. The van der Waals surface area contributed by atoms with Gasteiger partial charge in [0.15, 0.2) is 0 Å². The van der Waals surface area contributed by atoms with Crippen LogP contribution in [-0.4, -0.2) is 17.9 Å². The molecule has 0 atom stereocenters. The fraction of sp³-hybridized carbons (Fsp3) is 0.150. The maximum Gasteiger partial charge on any atom is 0.257 e. The average molecular weight is 355 g/mol. The summed E-state index contributed by atoms with van der Waals surface area (Å²) >= 11 is 1.62. The third kappa shape index (κ3) is 4.45. The van der Waals surface area contributed by atoms with Crippen LogP contribution >= 0.6 is 11.3 Å². The Bertz CT molecular complexity index is 831. The number of halogens is 1. The van der Waals surface area contributed by atoms with Crippen molar-refractivity contribution in [2.24, 2.45) is 0 Å². The highest BCUT2D eigenvalue weighted by Crippen LogP contribution is 2.22. The Morgan fingerprint density at radius 3 is 2.56 bits per heavy atom. The zero-order chi connectivity index (χ0) is 17.6. The minimum atomic E-state index is -0.283. The third-order valence-corrected chi connectivity index (χ3v) is 4.61. The number of carbonyl (C=O) groups is 1. The Morgan fingerprint density at radius 1 is 1.08 bits per heavy atom. The Labute approximate surface area is 150 Å². The van der Waals surface area contributed by atoms with Crippen LogP contribution in [0.15, 0.2) is 66.0 Å². The van der Waals surface area contributed by atoms with Crippen molar-refractivity contribution < 1.29 is 13.9 Å². The first-order chi connectivity index (χ1) is 12.1. The Morgan fingerprint density at radius 2 is 1.84 bits per heavy atom. The minimum absolute atomic E-state index is 0.0943. The normalized spacial score (nSPS) is 10.5. The smallest absolute Gasteiger partial charge is 0.257 e. The van der Waals surface area contributed by atoms with Crippen molar-refractivity contribution in [2.75, 3.05) is 7.05 Å². The molecule has 0 aliphatic heterocycles. The topological polar surface area (TPSA) is 29.5 Å². The van der Waals surface area contributed by atoms with Gasteiger partial charge >= 0.3 is 0 Å². The van der Waals surface area contributed by atoms with Gasteiger partial charge in [-0.15, -0.1) is 11.3 Å². The van der Waals surface area contributed by atoms with Gasteiger partial charge < -0.3 is 9.64 Å². The maximum absolute atomic E-state index is 13.0. The lowest BCUT2D eigenvalue weighted by Gasteiger charge is -2.18. The molecule has 1 aromatic heterocycles. The number of nitrogens with zero attached hydrogens (tertiary/aromatic N) is 1. The van der Waals surface area contributed by atoms with Crippen LogP contribution in [0.5, 0.6) is 5.75 Å². The van der Waals surface area contributed by atoms with Crippen LogP contribution < -0.4 is 4.74 Å². The number of carbonyl (C=O) groups excluding carboxylic acids is 1. The molecular formula is C20H18FNO2S. The highest BCUT2D eigenvalue weighted by Gasteiger charge is 2.17. The van der Waals surface area contributed by atoms with Gasteiger partial charge in [0.05, 0.1) is 12.1 Å². The lowest BCUT2D eigenvalue weighted by atomic mass is 10.1. The summed E-state index contributed by atoms with van der Waals surface area (Å²) < 4.78 is 18.8. The number of rotatable bonds is 6. The fourth-order valence-corrected chi connectivity index (χ4v) is 3.18. The van der Waals surface area contributed by atoms with Crippen molar-refractivity contribution in [3.05, 3.63) is 87.9 Å². The molecule has 0 spiro atoms. The summed E-state index contributed by atoms with van der Waals surface area (Å²) in [6, 6.07) is 17.3. The van der Waals surface area contributed by atoms with E-state index in [1.807, 2.05) is 29.6 Å². The van der Waals surface area contributed by atoms with Crippen molar-refractivity contribution in [3.8, 4) is 5.75 Å². The molecule has 2 aromatic carbocycles.